The number of hydrogen-bond acceptors (Lipinski definition) is 4. The minimum atomic E-state index is -0.511. The second-order valence-electron chi connectivity index (χ2n) is 5.15. The highest BCUT2D eigenvalue weighted by Gasteiger charge is 2.10. The Bertz CT molecular complexity index is 733. The third-order valence-electron chi connectivity index (χ3n) is 3.32. The highest BCUT2D eigenvalue weighted by Crippen LogP contribution is 2.14. The molecule has 4 heteroatoms. The molecule has 2 aromatic carbocycles. The molecule has 3 aromatic rings. The number of pyridine rings is 1. The number of aromatic nitrogens is 1. The SMILES string of the molecule is CC(ON=C(c1ccccc1)c1cccnc1)Oc1ccccc1. The van der Waals surface area contributed by atoms with Gasteiger partial charge in [0.1, 0.15) is 11.5 Å². The summed E-state index contributed by atoms with van der Waals surface area (Å²) in [4.78, 5) is 9.71. The zero-order chi connectivity index (χ0) is 16.6. The lowest BCUT2D eigenvalue weighted by molar-refractivity contribution is -0.0648. The molecule has 0 aliphatic carbocycles. The molecule has 1 aromatic heterocycles. The number of ether oxygens (including phenoxy) is 1. The quantitative estimate of drug-likeness (QED) is 0.387. The van der Waals surface area contributed by atoms with E-state index >= 15 is 0 Å². The lowest BCUT2D eigenvalue weighted by Crippen LogP contribution is -2.15. The molecule has 0 radical (unpaired) electrons. The molecule has 24 heavy (non-hydrogen) atoms. The van der Waals surface area contributed by atoms with Gasteiger partial charge in [-0.3, -0.25) is 4.98 Å². The first-order valence-corrected chi connectivity index (χ1v) is 7.74. The number of para-hydroxylation sites is 1. The van der Waals surface area contributed by atoms with E-state index in [1.54, 1.807) is 12.4 Å². The van der Waals surface area contributed by atoms with E-state index < -0.39 is 6.29 Å². The van der Waals surface area contributed by atoms with E-state index in [1.165, 1.54) is 0 Å². The maximum atomic E-state index is 5.69. The summed E-state index contributed by atoms with van der Waals surface area (Å²) in [6.07, 6.45) is 2.98. The van der Waals surface area contributed by atoms with Crippen LogP contribution in [0, 0.1) is 0 Å². The summed E-state index contributed by atoms with van der Waals surface area (Å²) >= 11 is 0. The second-order valence-corrected chi connectivity index (χ2v) is 5.15. The lowest BCUT2D eigenvalue weighted by atomic mass is 10.0. The van der Waals surface area contributed by atoms with Gasteiger partial charge in [-0.2, -0.15) is 0 Å². The van der Waals surface area contributed by atoms with E-state index in [-0.39, 0.29) is 0 Å². The van der Waals surface area contributed by atoms with Gasteiger partial charge >= 0.3 is 0 Å². The monoisotopic (exact) mass is 318 g/mol. The van der Waals surface area contributed by atoms with Gasteiger partial charge < -0.3 is 9.57 Å². The van der Waals surface area contributed by atoms with Crippen molar-refractivity contribution in [1.82, 2.24) is 4.98 Å². The van der Waals surface area contributed by atoms with Crippen molar-refractivity contribution in [2.24, 2.45) is 5.16 Å². The Labute approximate surface area is 141 Å². The van der Waals surface area contributed by atoms with E-state index in [0.717, 1.165) is 16.9 Å². The van der Waals surface area contributed by atoms with Crippen molar-refractivity contribution in [3.8, 4) is 5.75 Å². The molecule has 0 N–H and O–H groups in total. The zero-order valence-electron chi connectivity index (χ0n) is 13.4. The number of oxime groups is 1. The van der Waals surface area contributed by atoms with E-state index in [2.05, 4.69) is 10.1 Å². The fourth-order valence-electron chi connectivity index (χ4n) is 2.21. The smallest absolute Gasteiger partial charge is 0.262 e. The summed E-state index contributed by atoms with van der Waals surface area (Å²) in [6.45, 7) is 1.81. The van der Waals surface area contributed by atoms with Gasteiger partial charge in [-0.25, -0.2) is 0 Å². The summed E-state index contributed by atoms with van der Waals surface area (Å²) in [6, 6.07) is 23.2. The molecule has 0 amide bonds. The molecule has 4 nitrogen and oxygen atoms in total. The molecular formula is C20H18N2O2. The molecule has 120 valence electrons. The van der Waals surface area contributed by atoms with Gasteiger partial charge in [0, 0.05) is 30.4 Å². The molecule has 0 spiro atoms. The summed E-state index contributed by atoms with van der Waals surface area (Å²) in [7, 11) is 0. The Morgan fingerprint density at radius 2 is 1.54 bits per heavy atom. The highest BCUT2D eigenvalue weighted by molar-refractivity contribution is 6.12. The van der Waals surface area contributed by atoms with E-state index in [4.69, 9.17) is 9.57 Å². The van der Waals surface area contributed by atoms with E-state index in [0.29, 0.717) is 5.71 Å². The minimum absolute atomic E-state index is 0.511. The van der Waals surface area contributed by atoms with Crippen LogP contribution in [0.25, 0.3) is 0 Å². The molecule has 0 bridgehead atoms. The summed E-state index contributed by atoms with van der Waals surface area (Å²) in [5, 5.41) is 4.31. The maximum absolute atomic E-state index is 5.69. The van der Waals surface area contributed by atoms with Crippen LogP contribution < -0.4 is 4.74 Å². The lowest BCUT2D eigenvalue weighted by Gasteiger charge is -2.14. The van der Waals surface area contributed by atoms with Gasteiger partial charge in [0.25, 0.3) is 6.29 Å². The van der Waals surface area contributed by atoms with Crippen LogP contribution >= 0.6 is 0 Å². The van der Waals surface area contributed by atoms with Crippen LogP contribution in [-0.4, -0.2) is 17.0 Å². The summed E-state index contributed by atoms with van der Waals surface area (Å²) in [5.41, 5.74) is 2.56. The van der Waals surface area contributed by atoms with Gasteiger partial charge in [-0.15, -0.1) is 0 Å². The van der Waals surface area contributed by atoms with E-state index in [9.17, 15) is 0 Å². The molecule has 3 rings (SSSR count). The van der Waals surface area contributed by atoms with Gasteiger partial charge in [-0.1, -0.05) is 53.7 Å². The number of benzene rings is 2. The van der Waals surface area contributed by atoms with Crippen LogP contribution in [0.2, 0.25) is 0 Å². The fraction of sp³-hybridized carbons (Fsp3) is 0.100. The van der Waals surface area contributed by atoms with E-state index in [1.807, 2.05) is 79.7 Å². The Hall–Kier alpha value is -3.14. The fourth-order valence-corrected chi connectivity index (χ4v) is 2.21. The van der Waals surface area contributed by atoms with Crippen LogP contribution in [-0.2, 0) is 4.84 Å². The number of rotatable bonds is 6. The Morgan fingerprint density at radius 3 is 2.21 bits per heavy atom. The van der Waals surface area contributed by atoms with Gasteiger partial charge in [0.05, 0.1) is 0 Å². The molecule has 0 aliphatic rings. The van der Waals surface area contributed by atoms with Crippen LogP contribution in [0.3, 0.4) is 0 Å². The average molecular weight is 318 g/mol. The summed E-state index contributed by atoms with van der Waals surface area (Å²) in [5.74, 6) is 0.739. The standard InChI is InChI=1S/C20H18N2O2/c1-16(23-19-12-6-3-7-13-19)24-22-20(17-9-4-2-5-10-17)18-11-8-14-21-15-18/h2-16H,1H3. The van der Waals surface area contributed by atoms with Crippen LogP contribution in [0.1, 0.15) is 18.1 Å². The molecule has 0 aliphatic heterocycles. The molecule has 0 saturated heterocycles. The third kappa shape index (κ3) is 4.20. The van der Waals surface area contributed by atoms with Crippen molar-refractivity contribution in [1.29, 1.82) is 0 Å². The first-order valence-electron chi connectivity index (χ1n) is 7.74. The Morgan fingerprint density at radius 1 is 0.875 bits per heavy atom. The topological polar surface area (TPSA) is 43.7 Å². The first kappa shape index (κ1) is 15.7. The number of hydrogen-bond donors (Lipinski definition) is 0. The van der Waals surface area contributed by atoms with Crippen molar-refractivity contribution < 1.29 is 9.57 Å². The average Bonchev–Trinajstić information content (AvgIpc) is 2.64. The predicted octanol–water partition coefficient (Wildman–Crippen LogP) is 4.28. The second kappa shape index (κ2) is 7.92. The van der Waals surface area contributed by atoms with Crippen molar-refractivity contribution in [2.45, 2.75) is 13.2 Å². The van der Waals surface area contributed by atoms with Gasteiger partial charge in [0.2, 0.25) is 0 Å². The number of nitrogens with zero attached hydrogens (tertiary/aromatic N) is 2. The van der Waals surface area contributed by atoms with Gasteiger partial charge in [-0.05, 0) is 24.3 Å². The van der Waals surface area contributed by atoms with Crippen molar-refractivity contribution in [3.63, 3.8) is 0 Å². The molecule has 1 unspecified atom stereocenters. The van der Waals surface area contributed by atoms with Crippen molar-refractivity contribution in [2.75, 3.05) is 0 Å². The van der Waals surface area contributed by atoms with Crippen LogP contribution in [0.4, 0.5) is 0 Å². The zero-order valence-corrected chi connectivity index (χ0v) is 13.4. The summed E-state index contributed by atoms with van der Waals surface area (Å²) < 4.78 is 5.69. The molecular weight excluding hydrogens is 300 g/mol. The maximum Gasteiger partial charge on any atom is 0.262 e. The van der Waals surface area contributed by atoms with Gasteiger partial charge in [0.15, 0.2) is 0 Å². The molecule has 1 atom stereocenters. The highest BCUT2D eigenvalue weighted by atomic mass is 16.8. The van der Waals surface area contributed by atoms with Crippen molar-refractivity contribution in [3.05, 3.63) is 96.3 Å². The molecule has 1 heterocycles. The Balaban J connectivity index is 1.79. The predicted molar refractivity (Wildman–Crippen MR) is 93.9 cm³/mol. The third-order valence-corrected chi connectivity index (χ3v) is 3.32. The minimum Gasteiger partial charge on any atom is -0.453 e. The van der Waals surface area contributed by atoms with Crippen molar-refractivity contribution >= 4 is 5.71 Å². The van der Waals surface area contributed by atoms with Crippen LogP contribution in [0.15, 0.2) is 90.3 Å². The first-order chi connectivity index (χ1) is 11.8. The molecule has 0 fully saturated rings. The van der Waals surface area contributed by atoms with Crippen LogP contribution in [0.5, 0.6) is 5.75 Å². The largest absolute Gasteiger partial charge is 0.453 e. The normalized spacial score (nSPS) is 12.5. The molecule has 0 saturated carbocycles. The Kier molecular flexibility index (Phi) is 5.20.